The zero-order chi connectivity index (χ0) is 21.3. The largest absolute Gasteiger partial charge is 0.508 e. The summed E-state index contributed by atoms with van der Waals surface area (Å²) in [6.45, 7) is 2.65. The van der Waals surface area contributed by atoms with E-state index in [4.69, 9.17) is 25.8 Å². The highest BCUT2D eigenvalue weighted by molar-refractivity contribution is 6.31. The highest BCUT2D eigenvalue weighted by atomic mass is 35.5. The van der Waals surface area contributed by atoms with Crippen LogP contribution in [0.15, 0.2) is 60.7 Å². The Kier molecular flexibility index (Phi) is 8.31. The SMILES string of the molecule is CCOC(=O)CC/C=C\C[C@@H]1COC(c2ccccc2Cl)O[C@@H]1c1ccccc1O. The molecular weight excluding hydrogens is 404 g/mol. The number of rotatable bonds is 8. The molecule has 6 heteroatoms. The molecule has 0 aromatic heterocycles. The molecule has 30 heavy (non-hydrogen) atoms. The van der Waals surface area contributed by atoms with Gasteiger partial charge in [-0.3, -0.25) is 4.79 Å². The maximum absolute atomic E-state index is 11.4. The fourth-order valence-corrected chi connectivity index (χ4v) is 3.71. The van der Waals surface area contributed by atoms with Crippen LogP contribution in [0.2, 0.25) is 5.02 Å². The number of para-hydroxylation sites is 1. The van der Waals surface area contributed by atoms with Crippen molar-refractivity contribution in [3.63, 3.8) is 0 Å². The van der Waals surface area contributed by atoms with Crippen molar-refractivity contribution in [3.05, 3.63) is 76.8 Å². The maximum Gasteiger partial charge on any atom is 0.306 e. The maximum atomic E-state index is 11.4. The van der Waals surface area contributed by atoms with Gasteiger partial charge in [0, 0.05) is 28.5 Å². The molecule has 2 aromatic carbocycles. The molecule has 0 saturated carbocycles. The van der Waals surface area contributed by atoms with Crippen LogP contribution in [-0.4, -0.2) is 24.3 Å². The van der Waals surface area contributed by atoms with Crippen molar-refractivity contribution in [2.45, 2.75) is 38.6 Å². The number of allylic oxidation sites excluding steroid dienone is 2. The number of carbonyl (C=O) groups excluding carboxylic acids is 1. The van der Waals surface area contributed by atoms with Gasteiger partial charge in [0.15, 0.2) is 6.29 Å². The minimum Gasteiger partial charge on any atom is -0.508 e. The number of carbonyl (C=O) groups is 1. The van der Waals surface area contributed by atoms with Gasteiger partial charge in [-0.15, -0.1) is 0 Å². The minimum absolute atomic E-state index is 0.0101. The van der Waals surface area contributed by atoms with E-state index in [-0.39, 0.29) is 23.7 Å². The van der Waals surface area contributed by atoms with Crippen molar-refractivity contribution in [3.8, 4) is 5.75 Å². The lowest BCUT2D eigenvalue weighted by Gasteiger charge is -2.37. The van der Waals surface area contributed by atoms with Crippen LogP contribution in [0.3, 0.4) is 0 Å². The molecule has 3 rings (SSSR count). The molecule has 3 atom stereocenters. The van der Waals surface area contributed by atoms with Crippen LogP contribution in [0.5, 0.6) is 5.75 Å². The van der Waals surface area contributed by atoms with Crippen molar-refractivity contribution in [2.75, 3.05) is 13.2 Å². The number of phenolic OH excluding ortho intramolecular Hbond substituents is 1. The molecule has 0 aliphatic carbocycles. The quantitative estimate of drug-likeness (QED) is 0.427. The lowest BCUT2D eigenvalue weighted by molar-refractivity contribution is -0.244. The predicted molar refractivity (Wildman–Crippen MR) is 115 cm³/mol. The summed E-state index contributed by atoms with van der Waals surface area (Å²) in [7, 11) is 0. The van der Waals surface area contributed by atoms with Crippen molar-refractivity contribution in [2.24, 2.45) is 5.92 Å². The first-order valence-corrected chi connectivity index (χ1v) is 10.6. The van der Waals surface area contributed by atoms with E-state index in [1.807, 2.05) is 42.5 Å². The Hall–Kier alpha value is -2.34. The van der Waals surface area contributed by atoms with Crippen molar-refractivity contribution in [1.82, 2.24) is 0 Å². The average Bonchev–Trinajstić information content (AvgIpc) is 2.75. The van der Waals surface area contributed by atoms with Gasteiger partial charge in [-0.1, -0.05) is 60.2 Å². The standard InChI is InChI=1S/C24H27ClO5/c1-2-28-22(27)15-5-3-4-10-17-16-29-24(18-11-6-8-13-20(18)25)30-23(17)19-12-7-9-14-21(19)26/h3-4,6-9,11-14,17,23-24,26H,2,5,10,15-16H2,1H3/b4-3-/t17-,23+,24?/m1/s1. The highest BCUT2D eigenvalue weighted by Crippen LogP contribution is 2.43. The number of halogens is 1. The van der Waals surface area contributed by atoms with E-state index in [2.05, 4.69) is 0 Å². The molecule has 1 aliphatic rings. The van der Waals surface area contributed by atoms with E-state index in [1.54, 1.807) is 25.1 Å². The van der Waals surface area contributed by atoms with Crippen LogP contribution in [-0.2, 0) is 19.0 Å². The second-order valence-electron chi connectivity index (χ2n) is 7.11. The summed E-state index contributed by atoms with van der Waals surface area (Å²) in [5.41, 5.74) is 1.49. The minimum atomic E-state index is -0.604. The normalized spacial score (nSPS) is 21.6. The molecule has 0 amide bonds. The van der Waals surface area contributed by atoms with Gasteiger partial charge in [0.25, 0.3) is 0 Å². The first kappa shape index (κ1) is 22.3. The molecule has 160 valence electrons. The van der Waals surface area contributed by atoms with Crippen LogP contribution >= 0.6 is 11.6 Å². The van der Waals surface area contributed by atoms with Crippen LogP contribution < -0.4 is 0 Å². The molecule has 0 spiro atoms. The molecule has 1 N–H and O–H groups in total. The van der Waals surface area contributed by atoms with Gasteiger partial charge in [0.1, 0.15) is 5.75 Å². The Morgan fingerprint density at radius 1 is 1.17 bits per heavy atom. The van der Waals surface area contributed by atoms with Gasteiger partial charge in [-0.2, -0.15) is 0 Å². The molecule has 0 radical (unpaired) electrons. The lowest BCUT2D eigenvalue weighted by Crippen LogP contribution is -2.30. The Morgan fingerprint density at radius 2 is 1.90 bits per heavy atom. The monoisotopic (exact) mass is 430 g/mol. The third kappa shape index (κ3) is 5.85. The predicted octanol–water partition coefficient (Wildman–Crippen LogP) is 5.74. The van der Waals surface area contributed by atoms with Crippen LogP contribution in [0, 0.1) is 5.92 Å². The molecule has 1 unspecified atom stereocenters. The first-order valence-electron chi connectivity index (χ1n) is 10.2. The summed E-state index contributed by atoms with van der Waals surface area (Å²) in [5.74, 6) is 0.00984. The Morgan fingerprint density at radius 3 is 2.63 bits per heavy atom. The number of phenols is 1. The zero-order valence-corrected chi connectivity index (χ0v) is 17.8. The number of esters is 1. The van der Waals surface area contributed by atoms with E-state index in [1.165, 1.54) is 0 Å². The first-order chi connectivity index (χ1) is 14.6. The smallest absolute Gasteiger partial charge is 0.306 e. The molecule has 1 aliphatic heterocycles. The third-order valence-corrected chi connectivity index (χ3v) is 5.33. The summed E-state index contributed by atoms with van der Waals surface area (Å²) in [4.78, 5) is 11.4. The molecule has 2 aromatic rings. The number of aromatic hydroxyl groups is 1. The molecule has 1 fully saturated rings. The number of hydrogen-bond donors (Lipinski definition) is 1. The fourth-order valence-electron chi connectivity index (χ4n) is 3.48. The highest BCUT2D eigenvalue weighted by Gasteiger charge is 2.35. The summed E-state index contributed by atoms with van der Waals surface area (Å²) >= 11 is 6.33. The summed E-state index contributed by atoms with van der Waals surface area (Å²) in [5, 5.41) is 11.0. The molecular formula is C24H27ClO5. The average molecular weight is 431 g/mol. The van der Waals surface area contributed by atoms with Gasteiger partial charge in [-0.05, 0) is 31.9 Å². The van der Waals surface area contributed by atoms with E-state index in [9.17, 15) is 9.90 Å². The molecule has 0 bridgehead atoms. The lowest BCUT2D eigenvalue weighted by atomic mass is 9.91. The van der Waals surface area contributed by atoms with Crippen molar-refractivity contribution >= 4 is 17.6 Å². The van der Waals surface area contributed by atoms with Gasteiger partial charge in [0.05, 0.1) is 19.3 Å². The third-order valence-electron chi connectivity index (χ3n) is 4.99. The summed E-state index contributed by atoms with van der Waals surface area (Å²) < 4.78 is 17.2. The number of ether oxygens (including phenoxy) is 3. The van der Waals surface area contributed by atoms with Crippen LogP contribution in [0.25, 0.3) is 0 Å². The van der Waals surface area contributed by atoms with Crippen molar-refractivity contribution in [1.29, 1.82) is 0 Å². The topological polar surface area (TPSA) is 65.0 Å². The van der Waals surface area contributed by atoms with Gasteiger partial charge >= 0.3 is 5.97 Å². The van der Waals surface area contributed by atoms with Crippen molar-refractivity contribution < 1.29 is 24.1 Å². The molecule has 1 heterocycles. The van der Waals surface area contributed by atoms with E-state index in [0.717, 1.165) is 11.1 Å². The van der Waals surface area contributed by atoms with Crippen LogP contribution in [0.1, 0.15) is 49.7 Å². The second-order valence-corrected chi connectivity index (χ2v) is 7.52. The van der Waals surface area contributed by atoms with E-state index < -0.39 is 6.29 Å². The molecule has 1 saturated heterocycles. The zero-order valence-electron chi connectivity index (χ0n) is 17.0. The summed E-state index contributed by atoms with van der Waals surface area (Å²) in [6.07, 6.45) is 4.72. The van der Waals surface area contributed by atoms with E-state index in [0.29, 0.717) is 37.5 Å². The van der Waals surface area contributed by atoms with Gasteiger partial charge in [-0.25, -0.2) is 0 Å². The fraction of sp³-hybridized carbons (Fsp3) is 0.375. The Balaban J connectivity index is 1.70. The van der Waals surface area contributed by atoms with Gasteiger partial charge in [0.2, 0.25) is 0 Å². The number of hydrogen-bond acceptors (Lipinski definition) is 5. The van der Waals surface area contributed by atoms with Gasteiger partial charge < -0.3 is 19.3 Å². The Bertz CT molecular complexity index is 866. The number of benzene rings is 2. The summed E-state index contributed by atoms with van der Waals surface area (Å²) in [6, 6.07) is 14.6. The second kappa shape index (κ2) is 11.2. The van der Waals surface area contributed by atoms with E-state index >= 15 is 0 Å². The van der Waals surface area contributed by atoms with Crippen LogP contribution in [0.4, 0.5) is 0 Å². The molecule has 5 nitrogen and oxygen atoms in total. The Labute approximate surface area is 182 Å².